The Morgan fingerprint density at radius 1 is 1.36 bits per heavy atom. The van der Waals surface area contributed by atoms with Gasteiger partial charge in [0.25, 0.3) is 0 Å². The number of nitrogens with two attached hydrogens (primary N) is 1. The van der Waals surface area contributed by atoms with Gasteiger partial charge in [-0.2, -0.15) is 8.78 Å². The molecule has 0 atom stereocenters. The van der Waals surface area contributed by atoms with Crippen molar-refractivity contribution in [2.75, 3.05) is 24.7 Å². The maximum absolute atomic E-state index is 11.9. The Hall–Kier alpha value is -1.52. The van der Waals surface area contributed by atoms with Crippen LogP contribution in [0, 0.1) is 0 Å². The van der Waals surface area contributed by atoms with Crippen LogP contribution in [-0.2, 0) is 0 Å². The van der Waals surface area contributed by atoms with E-state index in [2.05, 4.69) is 4.74 Å². The number of nitrogen functional groups attached to an aromatic ring is 1. The van der Waals surface area contributed by atoms with E-state index in [1.165, 1.54) is 12.1 Å². The highest BCUT2D eigenvalue weighted by molar-refractivity contribution is 5.61. The Morgan fingerprint density at radius 3 is 2.50 bits per heavy atom. The highest BCUT2D eigenvalue weighted by Crippen LogP contribution is 2.27. The monoisotopic (exact) mass is 202 g/mol. The molecule has 0 aliphatic rings. The van der Waals surface area contributed by atoms with Crippen molar-refractivity contribution < 1.29 is 13.5 Å². The molecular formula is C9H12F2N2O. The lowest BCUT2D eigenvalue weighted by Crippen LogP contribution is -2.10. The predicted molar refractivity (Wildman–Crippen MR) is 51.8 cm³/mol. The van der Waals surface area contributed by atoms with Crippen molar-refractivity contribution in [2.24, 2.45) is 0 Å². The molecule has 0 saturated heterocycles. The first-order valence-electron chi connectivity index (χ1n) is 4.02. The van der Waals surface area contributed by atoms with Crippen molar-refractivity contribution in [2.45, 2.75) is 6.61 Å². The molecule has 0 unspecified atom stereocenters. The first-order valence-corrected chi connectivity index (χ1v) is 4.02. The molecule has 0 spiro atoms. The third-order valence-electron chi connectivity index (χ3n) is 1.73. The molecule has 5 heteroatoms. The van der Waals surface area contributed by atoms with Crippen molar-refractivity contribution in [3.63, 3.8) is 0 Å². The quantitative estimate of drug-likeness (QED) is 0.761. The molecule has 2 N–H and O–H groups in total. The van der Waals surface area contributed by atoms with E-state index in [1.807, 2.05) is 0 Å². The summed E-state index contributed by atoms with van der Waals surface area (Å²) in [4.78, 5) is 1.78. The molecule has 14 heavy (non-hydrogen) atoms. The van der Waals surface area contributed by atoms with Gasteiger partial charge in [-0.25, -0.2) is 0 Å². The Balaban J connectivity index is 2.96. The summed E-state index contributed by atoms with van der Waals surface area (Å²) in [5, 5.41) is 0. The van der Waals surface area contributed by atoms with Crippen LogP contribution >= 0.6 is 0 Å². The topological polar surface area (TPSA) is 38.5 Å². The van der Waals surface area contributed by atoms with E-state index in [1.54, 1.807) is 25.1 Å². The number of rotatable bonds is 3. The summed E-state index contributed by atoms with van der Waals surface area (Å²) in [6.45, 7) is -2.85. The number of anilines is 2. The number of alkyl halides is 2. The highest BCUT2D eigenvalue weighted by atomic mass is 19.3. The van der Waals surface area contributed by atoms with E-state index in [9.17, 15) is 8.78 Å². The Labute approximate surface area is 81.1 Å². The normalized spacial score (nSPS) is 10.4. The van der Waals surface area contributed by atoms with E-state index in [-0.39, 0.29) is 11.4 Å². The zero-order valence-corrected chi connectivity index (χ0v) is 8.00. The maximum Gasteiger partial charge on any atom is 0.387 e. The van der Waals surface area contributed by atoms with Crippen LogP contribution in [0.1, 0.15) is 0 Å². The fourth-order valence-corrected chi connectivity index (χ4v) is 0.999. The third-order valence-corrected chi connectivity index (χ3v) is 1.73. The molecule has 0 heterocycles. The lowest BCUT2D eigenvalue weighted by atomic mass is 10.2. The summed E-state index contributed by atoms with van der Waals surface area (Å²) >= 11 is 0. The summed E-state index contributed by atoms with van der Waals surface area (Å²) in [5.41, 5.74) is 6.42. The van der Waals surface area contributed by atoms with Crippen molar-refractivity contribution in [1.82, 2.24) is 0 Å². The SMILES string of the molecule is CN(C)c1ccc(N)c(OC(F)F)c1. The molecule has 0 aromatic heterocycles. The number of hydrogen-bond acceptors (Lipinski definition) is 3. The summed E-state index contributed by atoms with van der Waals surface area (Å²) in [6, 6.07) is 4.74. The highest BCUT2D eigenvalue weighted by Gasteiger charge is 2.09. The first-order chi connectivity index (χ1) is 6.50. The van der Waals surface area contributed by atoms with Crippen molar-refractivity contribution in [3.8, 4) is 5.75 Å². The minimum Gasteiger partial charge on any atom is -0.433 e. The van der Waals surface area contributed by atoms with E-state index in [0.717, 1.165) is 5.69 Å². The summed E-state index contributed by atoms with van der Waals surface area (Å²) in [7, 11) is 3.61. The standard InChI is InChI=1S/C9H12F2N2O/c1-13(2)6-3-4-7(12)8(5-6)14-9(10)11/h3-5,9H,12H2,1-2H3. The maximum atomic E-state index is 11.9. The van der Waals surface area contributed by atoms with Crippen LogP contribution < -0.4 is 15.4 Å². The molecule has 0 saturated carbocycles. The van der Waals surface area contributed by atoms with Gasteiger partial charge in [-0.05, 0) is 12.1 Å². The van der Waals surface area contributed by atoms with Gasteiger partial charge in [0.2, 0.25) is 0 Å². The zero-order valence-electron chi connectivity index (χ0n) is 8.00. The van der Waals surface area contributed by atoms with E-state index in [0.29, 0.717) is 0 Å². The van der Waals surface area contributed by atoms with Crippen LogP contribution in [0.2, 0.25) is 0 Å². The average Bonchev–Trinajstić information content (AvgIpc) is 2.07. The smallest absolute Gasteiger partial charge is 0.387 e. The molecular weight excluding hydrogens is 190 g/mol. The fourth-order valence-electron chi connectivity index (χ4n) is 0.999. The zero-order chi connectivity index (χ0) is 10.7. The third kappa shape index (κ3) is 2.48. The molecule has 1 aromatic carbocycles. The summed E-state index contributed by atoms with van der Waals surface area (Å²) < 4.78 is 28.1. The van der Waals surface area contributed by atoms with Crippen LogP contribution in [0.3, 0.4) is 0 Å². The number of ether oxygens (including phenoxy) is 1. The van der Waals surface area contributed by atoms with Gasteiger partial charge in [0.15, 0.2) is 5.75 Å². The predicted octanol–water partition coefficient (Wildman–Crippen LogP) is 1.94. The van der Waals surface area contributed by atoms with Crippen molar-refractivity contribution in [1.29, 1.82) is 0 Å². The second kappa shape index (κ2) is 4.13. The van der Waals surface area contributed by atoms with Crippen LogP contribution in [0.15, 0.2) is 18.2 Å². The lowest BCUT2D eigenvalue weighted by Gasteiger charge is -2.15. The molecule has 1 rings (SSSR count). The van der Waals surface area contributed by atoms with E-state index < -0.39 is 6.61 Å². The fraction of sp³-hybridized carbons (Fsp3) is 0.333. The molecule has 0 fully saturated rings. The van der Waals surface area contributed by atoms with Gasteiger partial charge in [0, 0.05) is 25.8 Å². The minimum absolute atomic E-state index is 0.00574. The second-order valence-corrected chi connectivity index (χ2v) is 3.00. The Bertz CT molecular complexity index is 316. The van der Waals surface area contributed by atoms with Gasteiger partial charge in [-0.1, -0.05) is 0 Å². The van der Waals surface area contributed by atoms with Gasteiger partial charge >= 0.3 is 6.61 Å². The number of benzene rings is 1. The second-order valence-electron chi connectivity index (χ2n) is 3.00. The van der Waals surface area contributed by atoms with Crippen LogP contribution in [0.25, 0.3) is 0 Å². The molecule has 0 aliphatic heterocycles. The van der Waals surface area contributed by atoms with Gasteiger partial charge in [0.1, 0.15) is 0 Å². The first kappa shape index (κ1) is 10.6. The van der Waals surface area contributed by atoms with Crippen molar-refractivity contribution in [3.05, 3.63) is 18.2 Å². The Morgan fingerprint density at radius 2 is 2.00 bits per heavy atom. The molecule has 0 aliphatic carbocycles. The largest absolute Gasteiger partial charge is 0.433 e. The molecule has 78 valence electrons. The van der Waals surface area contributed by atoms with E-state index in [4.69, 9.17) is 5.73 Å². The minimum atomic E-state index is -2.85. The molecule has 0 radical (unpaired) electrons. The van der Waals surface area contributed by atoms with Crippen LogP contribution in [0.5, 0.6) is 5.75 Å². The van der Waals surface area contributed by atoms with Crippen LogP contribution in [-0.4, -0.2) is 20.7 Å². The number of hydrogen-bond donors (Lipinski definition) is 1. The molecule has 1 aromatic rings. The summed E-state index contributed by atoms with van der Waals surface area (Å²) in [6.07, 6.45) is 0. The number of halogens is 2. The van der Waals surface area contributed by atoms with Gasteiger partial charge in [0.05, 0.1) is 5.69 Å². The summed E-state index contributed by atoms with van der Waals surface area (Å²) in [5.74, 6) is 0.00574. The molecule has 0 amide bonds. The molecule has 3 nitrogen and oxygen atoms in total. The number of nitrogens with zero attached hydrogens (tertiary/aromatic N) is 1. The van der Waals surface area contributed by atoms with Crippen molar-refractivity contribution >= 4 is 11.4 Å². The van der Waals surface area contributed by atoms with Gasteiger partial charge < -0.3 is 15.4 Å². The van der Waals surface area contributed by atoms with Gasteiger partial charge in [-0.15, -0.1) is 0 Å². The van der Waals surface area contributed by atoms with Gasteiger partial charge in [-0.3, -0.25) is 0 Å². The van der Waals surface area contributed by atoms with E-state index >= 15 is 0 Å². The lowest BCUT2D eigenvalue weighted by molar-refractivity contribution is -0.0493. The Kier molecular flexibility index (Phi) is 3.11. The average molecular weight is 202 g/mol. The molecule has 0 bridgehead atoms. The van der Waals surface area contributed by atoms with Crippen LogP contribution in [0.4, 0.5) is 20.2 Å².